The van der Waals surface area contributed by atoms with E-state index in [-0.39, 0.29) is 0 Å². The van der Waals surface area contributed by atoms with Gasteiger partial charge in [-0.25, -0.2) is 0 Å². The van der Waals surface area contributed by atoms with E-state index in [1.807, 2.05) is 19.3 Å². The summed E-state index contributed by atoms with van der Waals surface area (Å²) >= 11 is 1.76. The van der Waals surface area contributed by atoms with Gasteiger partial charge in [0.25, 0.3) is 0 Å². The summed E-state index contributed by atoms with van der Waals surface area (Å²) in [6.45, 7) is 0.892. The van der Waals surface area contributed by atoms with Crippen LogP contribution in [0.2, 0.25) is 0 Å². The van der Waals surface area contributed by atoms with Crippen molar-refractivity contribution in [1.82, 2.24) is 4.98 Å². The van der Waals surface area contributed by atoms with Gasteiger partial charge in [0.15, 0.2) is 0 Å². The van der Waals surface area contributed by atoms with Gasteiger partial charge in [-0.1, -0.05) is 6.07 Å². The van der Waals surface area contributed by atoms with Crippen molar-refractivity contribution in [1.29, 1.82) is 0 Å². The van der Waals surface area contributed by atoms with Crippen LogP contribution in [0.5, 0.6) is 0 Å². The molecule has 0 unspecified atom stereocenters. The van der Waals surface area contributed by atoms with Crippen molar-refractivity contribution in [2.75, 3.05) is 17.7 Å². The Morgan fingerprint density at radius 2 is 2.33 bits per heavy atom. The average molecular weight is 219 g/mol. The lowest BCUT2D eigenvalue weighted by Crippen LogP contribution is -2.15. The van der Waals surface area contributed by atoms with Crippen LogP contribution in [0.1, 0.15) is 4.88 Å². The van der Waals surface area contributed by atoms with E-state index in [1.165, 1.54) is 4.88 Å². The van der Waals surface area contributed by atoms with Crippen molar-refractivity contribution in [3.05, 3.63) is 40.8 Å². The molecular formula is C11H13N3S. The highest BCUT2D eigenvalue weighted by Gasteiger charge is 2.03. The average Bonchev–Trinajstić information content (AvgIpc) is 2.70. The third kappa shape index (κ3) is 2.47. The summed E-state index contributed by atoms with van der Waals surface area (Å²) in [5.74, 6) is 0. The standard InChI is InChI=1S/C11H13N3S/c1-14(8-11-3-2-4-15-11)10-5-9(12)6-13-7-10/h2-7H,8,12H2,1H3. The molecule has 0 aliphatic heterocycles. The molecule has 2 aromatic heterocycles. The second-order valence-corrected chi connectivity index (χ2v) is 4.44. The van der Waals surface area contributed by atoms with Gasteiger partial charge in [-0.15, -0.1) is 11.3 Å². The van der Waals surface area contributed by atoms with Crippen LogP contribution >= 0.6 is 11.3 Å². The quantitative estimate of drug-likeness (QED) is 0.861. The molecule has 78 valence electrons. The highest BCUT2D eigenvalue weighted by atomic mass is 32.1. The summed E-state index contributed by atoms with van der Waals surface area (Å²) < 4.78 is 0. The predicted molar refractivity (Wildman–Crippen MR) is 65.1 cm³/mol. The van der Waals surface area contributed by atoms with Gasteiger partial charge in [-0.3, -0.25) is 4.98 Å². The van der Waals surface area contributed by atoms with E-state index in [1.54, 1.807) is 17.5 Å². The first-order valence-corrected chi connectivity index (χ1v) is 5.58. The molecule has 15 heavy (non-hydrogen) atoms. The van der Waals surface area contributed by atoms with E-state index in [0.717, 1.165) is 12.2 Å². The summed E-state index contributed by atoms with van der Waals surface area (Å²) in [4.78, 5) is 7.54. The van der Waals surface area contributed by atoms with Crippen LogP contribution < -0.4 is 10.6 Å². The van der Waals surface area contributed by atoms with Gasteiger partial charge >= 0.3 is 0 Å². The van der Waals surface area contributed by atoms with Crippen molar-refractivity contribution >= 4 is 22.7 Å². The molecule has 0 aliphatic rings. The van der Waals surface area contributed by atoms with E-state index < -0.39 is 0 Å². The fraction of sp³-hybridized carbons (Fsp3) is 0.182. The number of nitrogens with zero attached hydrogens (tertiary/aromatic N) is 2. The van der Waals surface area contributed by atoms with E-state index in [2.05, 4.69) is 27.4 Å². The number of nitrogens with two attached hydrogens (primary N) is 1. The summed E-state index contributed by atoms with van der Waals surface area (Å²) in [6, 6.07) is 6.12. The first-order chi connectivity index (χ1) is 7.25. The summed E-state index contributed by atoms with van der Waals surface area (Å²) in [5.41, 5.74) is 7.43. The minimum Gasteiger partial charge on any atom is -0.397 e. The maximum absolute atomic E-state index is 5.68. The second kappa shape index (κ2) is 4.31. The molecule has 2 aromatic rings. The van der Waals surface area contributed by atoms with Crippen LogP contribution in [-0.2, 0) is 6.54 Å². The number of pyridine rings is 1. The highest BCUT2D eigenvalue weighted by molar-refractivity contribution is 7.09. The number of hydrogen-bond acceptors (Lipinski definition) is 4. The predicted octanol–water partition coefficient (Wildman–Crippen LogP) is 2.36. The maximum atomic E-state index is 5.68. The van der Waals surface area contributed by atoms with Crippen LogP contribution in [0.25, 0.3) is 0 Å². The van der Waals surface area contributed by atoms with Crippen LogP contribution in [0.3, 0.4) is 0 Å². The molecular weight excluding hydrogens is 206 g/mol. The van der Waals surface area contributed by atoms with Crippen molar-refractivity contribution < 1.29 is 0 Å². The van der Waals surface area contributed by atoms with Gasteiger partial charge in [0, 0.05) is 18.1 Å². The normalized spacial score (nSPS) is 10.2. The third-order valence-corrected chi connectivity index (χ3v) is 3.02. The van der Waals surface area contributed by atoms with Gasteiger partial charge in [0.1, 0.15) is 0 Å². The molecule has 0 spiro atoms. The largest absolute Gasteiger partial charge is 0.397 e. The zero-order valence-corrected chi connectivity index (χ0v) is 9.37. The molecule has 0 aromatic carbocycles. The summed E-state index contributed by atoms with van der Waals surface area (Å²) in [6.07, 6.45) is 3.48. The Kier molecular flexibility index (Phi) is 2.87. The van der Waals surface area contributed by atoms with Crippen LogP contribution in [0, 0.1) is 0 Å². The lowest BCUT2D eigenvalue weighted by molar-refractivity contribution is 0.935. The Bertz CT molecular complexity index is 425. The SMILES string of the molecule is CN(Cc1cccs1)c1cncc(N)c1. The Morgan fingerprint density at radius 3 is 3.00 bits per heavy atom. The molecule has 2 heterocycles. The van der Waals surface area contributed by atoms with Crippen molar-refractivity contribution in [2.24, 2.45) is 0 Å². The topological polar surface area (TPSA) is 42.2 Å². The van der Waals surface area contributed by atoms with Crippen molar-refractivity contribution in [3.8, 4) is 0 Å². The van der Waals surface area contributed by atoms with E-state index >= 15 is 0 Å². The molecule has 0 saturated carbocycles. The Labute approximate surface area is 93.2 Å². The number of rotatable bonds is 3. The molecule has 0 amide bonds. The molecule has 2 N–H and O–H groups in total. The van der Waals surface area contributed by atoms with Crippen molar-refractivity contribution in [3.63, 3.8) is 0 Å². The molecule has 0 atom stereocenters. The summed E-state index contributed by atoms with van der Waals surface area (Å²) in [5, 5.41) is 2.08. The lowest BCUT2D eigenvalue weighted by Gasteiger charge is -2.18. The van der Waals surface area contributed by atoms with Crippen molar-refractivity contribution in [2.45, 2.75) is 6.54 Å². The smallest absolute Gasteiger partial charge is 0.0574 e. The number of hydrogen-bond donors (Lipinski definition) is 1. The zero-order valence-electron chi connectivity index (χ0n) is 8.55. The van der Waals surface area contributed by atoms with E-state index in [4.69, 9.17) is 5.73 Å². The maximum Gasteiger partial charge on any atom is 0.0574 e. The first-order valence-electron chi connectivity index (χ1n) is 4.70. The molecule has 0 aliphatic carbocycles. The molecule has 0 radical (unpaired) electrons. The number of thiophene rings is 1. The fourth-order valence-corrected chi connectivity index (χ4v) is 2.14. The molecule has 2 rings (SSSR count). The van der Waals surface area contributed by atoms with Gasteiger partial charge in [0.05, 0.1) is 24.1 Å². The minimum absolute atomic E-state index is 0.700. The van der Waals surface area contributed by atoms with Gasteiger partial charge < -0.3 is 10.6 Å². The molecule has 0 saturated heterocycles. The van der Waals surface area contributed by atoms with E-state index in [0.29, 0.717) is 5.69 Å². The third-order valence-electron chi connectivity index (χ3n) is 2.16. The second-order valence-electron chi connectivity index (χ2n) is 3.41. The van der Waals surface area contributed by atoms with E-state index in [9.17, 15) is 0 Å². The van der Waals surface area contributed by atoms with Gasteiger partial charge in [-0.05, 0) is 17.5 Å². The van der Waals surface area contributed by atoms with Crippen LogP contribution in [0.4, 0.5) is 11.4 Å². The highest BCUT2D eigenvalue weighted by Crippen LogP contribution is 2.18. The number of aromatic nitrogens is 1. The molecule has 0 bridgehead atoms. The monoisotopic (exact) mass is 219 g/mol. The van der Waals surface area contributed by atoms with Gasteiger partial charge in [-0.2, -0.15) is 0 Å². The van der Waals surface area contributed by atoms with Crippen LogP contribution in [-0.4, -0.2) is 12.0 Å². The van der Waals surface area contributed by atoms with Gasteiger partial charge in [0.2, 0.25) is 0 Å². The fourth-order valence-electron chi connectivity index (χ4n) is 1.38. The summed E-state index contributed by atoms with van der Waals surface area (Å²) in [7, 11) is 2.04. The Balaban J connectivity index is 2.11. The zero-order chi connectivity index (χ0) is 10.7. The lowest BCUT2D eigenvalue weighted by atomic mass is 10.3. The first kappa shape index (κ1) is 9.98. The number of nitrogen functional groups attached to an aromatic ring is 1. The Hall–Kier alpha value is -1.55. The number of anilines is 2. The molecule has 4 heteroatoms. The van der Waals surface area contributed by atoms with Crippen LogP contribution in [0.15, 0.2) is 36.0 Å². The minimum atomic E-state index is 0.700. The Morgan fingerprint density at radius 1 is 1.47 bits per heavy atom. The molecule has 0 fully saturated rings. The molecule has 3 nitrogen and oxygen atoms in total.